The fraction of sp³-hybridized carbons (Fsp3) is 0.463. The molecule has 3 amide bonds. The molecular formula is C41H51N3O6. The van der Waals surface area contributed by atoms with E-state index < -0.39 is 42.0 Å². The maximum absolute atomic E-state index is 13.8. The number of rotatable bonds is 15. The minimum atomic E-state index is -0.905. The molecule has 3 atom stereocenters. The van der Waals surface area contributed by atoms with Crippen LogP contribution in [0.1, 0.15) is 94.7 Å². The highest BCUT2D eigenvalue weighted by Gasteiger charge is 2.33. The van der Waals surface area contributed by atoms with E-state index in [-0.39, 0.29) is 31.0 Å². The summed E-state index contributed by atoms with van der Waals surface area (Å²) in [5.74, 6) is -1.16. The quantitative estimate of drug-likeness (QED) is 0.148. The van der Waals surface area contributed by atoms with Crippen LogP contribution >= 0.6 is 0 Å². The molecule has 2 aliphatic carbocycles. The lowest BCUT2D eigenvalue weighted by Gasteiger charge is -2.28. The topological polar surface area (TPSA) is 123 Å². The Kier molecular flexibility index (Phi) is 13.1. The molecule has 0 saturated heterocycles. The van der Waals surface area contributed by atoms with E-state index in [1.54, 1.807) is 6.92 Å². The highest BCUT2D eigenvalue weighted by Crippen LogP contribution is 2.44. The van der Waals surface area contributed by atoms with Crippen molar-refractivity contribution in [1.82, 2.24) is 16.0 Å². The number of hydrogen-bond donors (Lipinski definition) is 3. The maximum atomic E-state index is 13.8. The Morgan fingerprint density at radius 2 is 1.28 bits per heavy atom. The average molecular weight is 682 g/mol. The zero-order chi connectivity index (χ0) is 35.5. The number of fused-ring (bicyclic) bond motifs is 3. The molecule has 3 aromatic rings. The molecular weight excluding hydrogens is 630 g/mol. The first-order valence-corrected chi connectivity index (χ1v) is 18.2. The van der Waals surface area contributed by atoms with Crippen molar-refractivity contribution in [1.29, 1.82) is 0 Å². The normalized spacial score (nSPS) is 16.0. The van der Waals surface area contributed by atoms with Crippen molar-refractivity contribution < 1.29 is 28.7 Å². The Hall–Kier alpha value is -4.66. The monoisotopic (exact) mass is 681 g/mol. The van der Waals surface area contributed by atoms with Gasteiger partial charge < -0.3 is 25.4 Å². The summed E-state index contributed by atoms with van der Waals surface area (Å²) in [5.41, 5.74) is 5.33. The van der Waals surface area contributed by atoms with E-state index >= 15 is 0 Å². The first-order chi connectivity index (χ1) is 24.2. The summed E-state index contributed by atoms with van der Waals surface area (Å²) >= 11 is 0. The molecule has 1 unspecified atom stereocenters. The van der Waals surface area contributed by atoms with Crippen LogP contribution in [-0.2, 0) is 30.5 Å². The minimum absolute atomic E-state index is 0.0997. The van der Waals surface area contributed by atoms with Gasteiger partial charge in [-0.15, -0.1) is 0 Å². The molecule has 5 rings (SSSR count). The summed E-state index contributed by atoms with van der Waals surface area (Å²) in [6.07, 6.45) is 5.77. The third-order valence-electron chi connectivity index (χ3n) is 9.82. The Bertz CT molecular complexity index is 1560. The lowest BCUT2D eigenvalue weighted by molar-refractivity contribution is -0.149. The second-order valence-electron chi connectivity index (χ2n) is 14.0. The van der Waals surface area contributed by atoms with Crippen molar-refractivity contribution >= 4 is 23.9 Å². The van der Waals surface area contributed by atoms with Crippen molar-refractivity contribution in [3.63, 3.8) is 0 Å². The van der Waals surface area contributed by atoms with Gasteiger partial charge in [-0.05, 0) is 58.9 Å². The van der Waals surface area contributed by atoms with E-state index in [9.17, 15) is 19.2 Å². The van der Waals surface area contributed by atoms with E-state index in [1.165, 1.54) is 0 Å². The summed E-state index contributed by atoms with van der Waals surface area (Å²) in [4.78, 5) is 53.7. The van der Waals surface area contributed by atoms with E-state index in [0.717, 1.165) is 59.9 Å². The molecule has 0 heterocycles. The fourth-order valence-corrected chi connectivity index (χ4v) is 7.18. The van der Waals surface area contributed by atoms with Gasteiger partial charge in [0.05, 0.1) is 0 Å². The first-order valence-electron chi connectivity index (χ1n) is 18.2. The van der Waals surface area contributed by atoms with Crippen LogP contribution in [0.3, 0.4) is 0 Å². The molecule has 1 saturated carbocycles. The maximum Gasteiger partial charge on any atom is 0.407 e. The number of esters is 1. The highest BCUT2D eigenvalue weighted by molar-refractivity contribution is 5.93. The number of nitrogens with one attached hydrogen (secondary N) is 3. The first kappa shape index (κ1) is 36.6. The van der Waals surface area contributed by atoms with Crippen LogP contribution in [0.2, 0.25) is 0 Å². The molecule has 9 nitrogen and oxygen atoms in total. The van der Waals surface area contributed by atoms with Crippen LogP contribution in [0, 0.1) is 11.8 Å². The molecule has 0 aliphatic heterocycles. The van der Waals surface area contributed by atoms with Gasteiger partial charge in [-0.1, -0.05) is 132 Å². The third kappa shape index (κ3) is 9.73. The zero-order valence-electron chi connectivity index (χ0n) is 29.5. The van der Waals surface area contributed by atoms with Crippen LogP contribution in [-0.4, -0.2) is 48.6 Å². The second kappa shape index (κ2) is 17.8. The molecule has 9 heteroatoms. The van der Waals surface area contributed by atoms with Crippen molar-refractivity contribution in [2.45, 2.75) is 103 Å². The molecule has 3 aromatic carbocycles. The van der Waals surface area contributed by atoms with Crippen LogP contribution in [0.15, 0.2) is 78.9 Å². The Balaban J connectivity index is 1.22. The number of ether oxygens (including phenoxy) is 2. The predicted octanol–water partition coefficient (Wildman–Crippen LogP) is 7.03. The number of amides is 3. The van der Waals surface area contributed by atoms with Crippen LogP contribution < -0.4 is 16.0 Å². The summed E-state index contributed by atoms with van der Waals surface area (Å²) in [6, 6.07) is 23.0. The lowest BCUT2D eigenvalue weighted by Crippen LogP contribution is -2.56. The number of carbonyl (C=O) groups excluding carboxylic acids is 4. The van der Waals surface area contributed by atoms with Crippen molar-refractivity contribution in [2.75, 3.05) is 6.61 Å². The number of benzene rings is 3. The minimum Gasteiger partial charge on any atom is -0.459 e. The van der Waals surface area contributed by atoms with Gasteiger partial charge in [-0.3, -0.25) is 9.59 Å². The van der Waals surface area contributed by atoms with Crippen molar-refractivity contribution in [2.24, 2.45) is 11.8 Å². The van der Waals surface area contributed by atoms with Gasteiger partial charge in [0, 0.05) is 5.92 Å². The summed E-state index contributed by atoms with van der Waals surface area (Å²) in [7, 11) is 0. The number of carbonyl (C=O) groups is 4. The van der Waals surface area contributed by atoms with Gasteiger partial charge in [0.25, 0.3) is 0 Å². The average Bonchev–Trinajstić information content (AvgIpc) is 3.45. The van der Waals surface area contributed by atoms with Gasteiger partial charge >= 0.3 is 12.1 Å². The van der Waals surface area contributed by atoms with Gasteiger partial charge in [-0.2, -0.15) is 0 Å². The molecule has 0 spiro atoms. The number of hydrogen-bond acceptors (Lipinski definition) is 6. The largest absolute Gasteiger partial charge is 0.459 e. The Labute approximate surface area is 295 Å². The van der Waals surface area contributed by atoms with Gasteiger partial charge in [0.1, 0.15) is 31.3 Å². The summed E-state index contributed by atoms with van der Waals surface area (Å²) < 4.78 is 11.3. The Morgan fingerprint density at radius 1 is 0.700 bits per heavy atom. The van der Waals surface area contributed by atoms with Crippen molar-refractivity contribution in [3.05, 3.63) is 95.6 Å². The van der Waals surface area contributed by atoms with E-state index in [0.29, 0.717) is 19.3 Å². The summed E-state index contributed by atoms with van der Waals surface area (Å²) in [5, 5.41) is 8.54. The van der Waals surface area contributed by atoms with E-state index in [2.05, 4.69) is 40.2 Å². The molecule has 0 bridgehead atoms. The highest BCUT2D eigenvalue weighted by atomic mass is 16.5. The standard InChI is InChI=1S/C41H51N3O6/c1-4-35(38(45)43-37(23-27(2)3)40(47)49-25-29-17-9-6-10-18-29)42-39(46)36(24-28-15-7-5-8-16-28)44-41(48)50-26-34-32-21-13-11-19-30(32)31-20-12-14-22-33(31)34/h6,9-14,17-22,27-28,34-37H,4-5,7-8,15-16,23-26H2,1-3H3,(H,42,46)(H,43,45)(H,44,48)/t35-,36+,37?/m0/s1. The van der Waals surface area contributed by atoms with Crippen LogP contribution in [0.4, 0.5) is 4.79 Å². The van der Waals surface area contributed by atoms with Gasteiger partial charge in [-0.25, -0.2) is 9.59 Å². The molecule has 0 aromatic heterocycles. The second-order valence-corrected chi connectivity index (χ2v) is 14.0. The van der Waals surface area contributed by atoms with E-state index in [1.807, 2.05) is 68.4 Å². The molecule has 1 fully saturated rings. The van der Waals surface area contributed by atoms with Gasteiger partial charge in [0.15, 0.2) is 0 Å². The van der Waals surface area contributed by atoms with Gasteiger partial charge in [0.2, 0.25) is 11.8 Å². The molecule has 266 valence electrons. The lowest BCUT2D eigenvalue weighted by atomic mass is 9.84. The molecule has 2 aliphatic rings. The van der Waals surface area contributed by atoms with Crippen molar-refractivity contribution in [3.8, 4) is 11.1 Å². The summed E-state index contributed by atoms with van der Waals surface area (Å²) in [6.45, 7) is 5.96. The molecule has 3 N–H and O–H groups in total. The smallest absolute Gasteiger partial charge is 0.407 e. The SMILES string of the molecule is CC[C@H](NC(=O)[C@@H](CC1CCCCC1)NC(=O)OCC1c2ccccc2-c2ccccc21)C(=O)NC(CC(C)C)C(=O)OCc1ccccc1. The predicted molar refractivity (Wildman–Crippen MR) is 193 cm³/mol. The Morgan fingerprint density at radius 3 is 1.90 bits per heavy atom. The zero-order valence-corrected chi connectivity index (χ0v) is 29.5. The molecule has 0 radical (unpaired) electrons. The number of alkyl carbamates (subject to hydrolysis) is 1. The fourth-order valence-electron chi connectivity index (χ4n) is 7.18. The van der Waals surface area contributed by atoms with Crippen LogP contribution in [0.5, 0.6) is 0 Å². The van der Waals surface area contributed by atoms with E-state index in [4.69, 9.17) is 9.47 Å². The van der Waals surface area contributed by atoms with Crippen LogP contribution in [0.25, 0.3) is 11.1 Å². The third-order valence-corrected chi connectivity index (χ3v) is 9.82. The molecule has 50 heavy (non-hydrogen) atoms.